The lowest BCUT2D eigenvalue weighted by Crippen LogP contribution is -2.14. The van der Waals surface area contributed by atoms with Gasteiger partial charge in [0.1, 0.15) is 5.78 Å². The summed E-state index contributed by atoms with van der Waals surface area (Å²) in [6.45, 7) is 0. The van der Waals surface area contributed by atoms with E-state index in [1.54, 1.807) is 6.20 Å². The van der Waals surface area contributed by atoms with E-state index in [4.69, 9.17) is 11.6 Å². The minimum atomic E-state index is 0.270. The molecule has 1 fully saturated rings. The van der Waals surface area contributed by atoms with Crippen molar-refractivity contribution in [3.8, 4) is 11.3 Å². The molecule has 1 aliphatic carbocycles. The minimum absolute atomic E-state index is 0.270. The number of halogens is 1. The van der Waals surface area contributed by atoms with Crippen LogP contribution in [0.2, 0.25) is 5.02 Å². The molecule has 20 heavy (non-hydrogen) atoms. The van der Waals surface area contributed by atoms with Crippen LogP contribution in [0.25, 0.3) is 11.3 Å². The van der Waals surface area contributed by atoms with Crippen molar-refractivity contribution in [2.75, 3.05) is 0 Å². The monoisotopic (exact) mass is 285 g/mol. The standard InChI is InChI=1S/C17H16ClNO/c18-13-7-8-15(17-6-1-2-9-19-17)16(11-13)12-4-3-5-14(20)10-12/h1-2,6-9,11-12H,3-5,10H2. The van der Waals surface area contributed by atoms with Crippen LogP contribution in [0.1, 0.15) is 37.2 Å². The van der Waals surface area contributed by atoms with Crippen molar-refractivity contribution in [1.29, 1.82) is 0 Å². The van der Waals surface area contributed by atoms with Gasteiger partial charge in [0.05, 0.1) is 5.69 Å². The van der Waals surface area contributed by atoms with Gasteiger partial charge >= 0.3 is 0 Å². The van der Waals surface area contributed by atoms with Crippen LogP contribution in [0.5, 0.6) is 0 Å². The van der Waals surface area contributed by atoms with Crippen LogP contribution >= 0.6 is 11.6 Å². The largest absolute Gasteiger partial charge is 0.300 e. The number of carbonyl (C=O) groups excluding carboxylic acids is 1. The lowest BCUT2D eigenvalue weighted by molar-refractivity contribution is -0.120. The Labute approximate surface area is 123 Å². The zero-order chi connectivity index (χ0) is 13.9. The predicted molar refractivity (Wildman–Crippen MR) is 80.9 cm³/mol. The minimum Gasteiger partial charge on any atom is -0.300 e. The number of pyridine rings is 1. The average Bonchev–Trinajstić information content (AvgIpc) is 2.48. The van der Waals surface area contributed by atoms with Gasteiger partial charge in [0.25, 0.3) is 0 Å². The van der Waals surface area contributed by atoms with E-state index in [1.165, 1.54) is 0 Å². The highest BCUT2D eigenvalue weighted by atomic mass is 35.5. The van der Waals surface area contributed by atoms with Gasteiger partial charge in [-0.2, -0.15) is 0 Å². The van der Waals surface area contributed by atoms with Crippen LogP contribution in [0.4, 0.5) is 0 Å². The fraction of sp³-hybridized carbons (Fsp3) is 0.294. The first kappa shape index (κ1) is 13.3. The van der Waals surface area contributed by atoms with Gasteiger partial charge in [-0.25, -0.2) is 0 Å². The highest BCUT2D eigenvalue weighted by Gasteiger charge is 2.24. The molecule has 0 bridgehead atoms. The molecule has 2 nitrogen and oxygen atoms in total. The highest BCUT2D eigenvalue weighted by molar-refractivity contribution is 6.30. The van der Waals surface area contributed by atoms with Crippen molar-refractivity contribution in [2.24, 2.45) is 0 Å². The van der Waals surface area contributed by atoms with Gasteiger partial charge < -0.3 is 0 Å². The number of rotatable bonds is 2. The van der Waals surface area contributed by atoms with E-state index in [2.05, 4.69) is 4.98 Å². The van der Waals surface area contributed by atoms with Crippen LogP contribution in [0, 0.1) is 0 Å². The molecule has 102 valence electrons. The Kier molecular flexibility index (Phi) is 3.83. The number of hydrogen-bond acceptors (Lipinski definition) is 2. The van der Waals surface area contributed by atoms with Gasteiger partial charge in [0, 0.05) is 29.6 Å². The summed E-state index contributed by atoms with van der Waals surface area (Å²) in [4.78, 5) is 16.2. The lowest BCUT2D eigenvalue weighted by Gasteiger charge is -2.23. The summed E-state index contributed by atoms with van der Waals surface area (Å²) in [6.07, 6.45) is 5.15. The van der Waals surface area contributed by atoms with Crippen molar-refractivity contribution < 1.29 is 4.79 Å². The molecule has 0 spiro atoms. The second kappa shape index (κ2) is 5.76. The van der Waals surface area contributed by atoms with Crippen molar-refractivity contribution in [1.82, 2.24) is 4.98 Å². The predicted octanol–water partition coefficient (Wildman–Crippen LogP) is 4.63. The molecule has 0 radical (unpaired) electrons. The van der Waals surface area contributed by atoms with E-state index in [0.717, 1.165) is 41.1 Å². The molecule has 1 aromatic carbocycles. The van der Waals surface area contributed by atoms with Gasteiger partial charge in [-0.15, -0.1) is 0 Å². The number of Topliss-reactive ketones (excluding diaryl/α,β-unsaturated/α-hetero) is 1. The van der Waals surface area contributed by atoms with Gasteiger partial charge in [0.15, 0.2) is 0 Å². The smallest absolute Gasteiger partial charge is 0.133 e. The summed E-state index contributed by atoms with van der Waals surface area (Å²) in [5.74, 6) is 0.625. The van der Waals surface area contributed by atoms with E-state index in [0.29, 0.717) is 12.2 Å². The molecular formula is C17H16ClNO. The Morgan fingerprint density at radius 2 is 2.10 bits per heavy atom. The van der Waals surface area contributed by atoms with Gasteiger partial charge in [0.2, 0.25) is 0 Å². The number of carbonyl (C=O) groups is 1. The normalized spacial score (nSPS) is 19.1. The Bertz CT molecular complexity index is 624. The molecule has 0 amide bonds. The second-order valence-corrected chi connectivity index (χ2v) is 5.71. The van der Waals surface area contributed by atoms with E-state index < -0.39 is 0 Å². The first-order valence-corrected chi connectivity index (χ1v) is 7.34. The molecule has 2 aromatic rings. The first-order chi connectivity index (χ1) is 9.74. The van der Waals surface area contributed by atoms with Gasteiger partial charge in [-0.3, -0.25) is 9.78 Å². The SMILES string of the molecule is O=C1CCCC(c2cc(Cl)ccc2-c2ccccn2)C1. The van der Waals surface area contributed by atoms with Crippen LogP contribution in [0.15, 0.2) is 42.6 Å². The van der Waals surface area contributed by atoms with Gasteiger partial charge in [-0.1, -0.05) is 23.7 Å². The Morgan fingerprint density at radius 1 is 1.20 bits per heavy atom. The van der Waals surface area contributed by atoms with E-state index >= 15 is 0 Å². The molecule has 1 aliphatic rings. The molecule has 1 heterocycles. The third-order valence-electron chi connectivity index (χ3n) is 3.88. The second-order valence-electron chi connectivity index (χ2n) is 5.28. The van der Waals surface area contributed by atoms with Crippen LogP contribution in [-0.4, -0.2) is 10.8 Å². The van der Waals surface area contributed by atoms with E-state index in [-0.39, 0.29) is 5.92 Å². The first-order valence-electron chi connectivity index (χ1n) is 6.96. The van der Waals surface area contributed by atoms with Gasteiger partial charge in [-0.05, 0) is 48.6 Å². The number of benzene rings is 1. The summed E-state index contributed by atoms with van der Waals surface area (Å²) < 4.78 is 0. The zero-order valence-electron chi connectivity index (χ0n) is 11.2. The topological polar surface area (TPSA) is 30.0 Å². The van der Waals surface area contributed by atoms with Crippen molar-refractivity contribution in [3.05, 3.63) is 53.2 Å². The number of nitrogens with zero attached hydrogens (tertiary/aromatic N) is 1. The maximum absolute atomic E-state index is 11.7. The number of ketones is 1. The lowest BCUT2D eigenvalue weighted by atomic mass is 9.81. The van der Waals surface area contributed by atoms with Crippen LogP contribution in [0.3, 0.4) is 0 Å². The molecule has 0 aliphatic heterocycles. The maximum Gasteiger partial charge on any atom is 0.133 e. The highest BCUT2D eigenvalue weighted by Crippen LogP contribution is 2.37. The maximum atomic E-state index is 11.7. The third kappa shape index (κ3) is 2.75. The average molecular weight is 286 g/mol. The van der Waals surface area contributed by atoms with Crippen LogP contribution in [-0.2, 0) is 4.79 Å². The summed E-state index contributed by atoms with van der Waals surface area (Å²) >= 11 is 6.15. The molecule has 1 unspecified atom stereocenters. The molecular weight excluding hydrogens is 270 g/mol. The molecule has 0 N–H and O–H groups in total. The molecule has 1 saturated carbocycles. The van der Waals surface area contributed by atoms with Crippen molar-refractivity contribution in [3.63, 3.8) is 0 Å². The molecule has 1 aromatic heterocycles. The third-order valence-corrected chi connectivity index (χ3v) is 4.11. The molecule has 0 saturated heterocycles. The Balaban J connectivity index is 2.05. The zero-order valence-corrected chi connectivity index (χ0v) is 11.9. The summed E-state index contributed by atoms with van der Waals surface area (Å²) in [6, 6.07) is 11.8. The summed E-state index contributed by atoms with van der Waals surface area (Å²) in [5.41, 5.74) is 3.19. The molecule has 3 rings (SSSR count). The quantitative estimate of drug-likeness (QED) is 0.805. The Morgan fingerprint density at radius 3 is 2.85 bits per heavy atom. The van der Waals surface area contributed by atoms with E-state index in [9.17, 15) is 4.79 Å². The van der Waals surface area contributed by atoms with Crippen molar-refractivity contribution in [2.45, 2.75) is 31.6 Å². The summed E-state index contributed by atoms with van der Waals surface area (Å²) in [5, 5.41) is 0.720. The van der Waals surface area contributed by atoms with Crippen molar-refractivity contribution >= 4 is 17.4 Å². The summed E-state index contributed by atoms with van der Waals surface area (Å²) in [7, 11) is 0. The molecule has 1 atom stereocenters. The number of aromatic nitrogens is 1. The fourth-order valence-corrected chi connectivity index (χ4v) is 3.10. The Hall–Kier alpha value is -1.67. The molecule has 3 heteroatoms. The van der Waals surface area contributed by atoms with E-state index in [1.807, 2.05) is 36.4 Å². The fourth-order valence-electron chi connectivity index (χ4n) is 2.92. The number of hydrogen-bond donors (Lipinski definition) is 0. The van der Waals surface area contributed by atoms with Crippen LogP contribution < -0.4 is 0 Å².